The molecule has 7 nitrogen and oxygen atoms in total. The molecular formula is C18H19N3O4. The SMILES string of the molecule is CCOC(=O)c1cc2cc(C(=O)N(C)Cc3cc(C)on3)ccc2[nH]1. The van der Waals surface area contributed by atoms with Crippen molar-refractivity contribution >= 4 is 22.8 Å². The van der Waals surface area contributed by atoms with Gasteiger partial charge in [-0.3, -0.25) is 4.79 Å². The Morgan fingerprint density at radius 1 is 1.28 bits per heavy atom. The van der Waals surface area contributed by atoms with Crippen molar-refractivity contribution in [3.05, 3.63) is 53.0 Å². The van der Waals surface area contributed by atoms with Gasteiger partial charge in [-0.25, -0.2) is 4.79 Å². The average molecular weight is 341 g/mol. The van der Waals surface area contributed by atoms with Crippen LogP contribution in [0.2, 0.25) is 0 Å². The summed E-state index contributed by atoms with van der Waals surface area (Å²) >= 11 is 0. The van der Waals surface area contributed by atoms with Crippen LogP contribution in [-0.4, -0.2) is 40.6 Å². The fraction of sp³-hybridized carbons (Fsp3) is 0.278. The molecule has 0 saturated heterocycles. The molecule has 0 saturated carbocycles. The summed E-state index contributed by atoms with van der Waals surface area (Å²) in [5, 5.41) is 4.67. The van der Waals surface area contributed by atoms with E-state index in [0.29, 0.717) is 35.9 Å². The van der Waals surface area contributed by atoms with Crippen LogP contribution in [0, 0.1) is 6.92 Å². The largest absolute Gasteiger partial charge is 0.461 e. The Morgan fingerprint density at radius 3 is 2.76 bits per heavy atom. The first-order valence-corrected chi connectivity index (χ1v) is 7.95. The summed E-state index contributed by atoms with van der Waals surface area (Å²) < 4.78 is 10.00. The smallest absolute Gasteiger partial charge is 0.354 e. The van der Waals surface area contributed by atoms with Crippen molar-refractivity contribution in [1.82, 2.24) is 15.0 Å². The molecule has 0 fully saturated rings. The maximum Gasteiger partial charge on any atom is 0.354 e. The topological polar surface area (TPSA) is 88.4 Å². The Balaban J connectivity index is 1.80. The number of rotatable bonds is 5. The van der Waals surface area contributed by atoms with Crippen molar-refractivity contribution in [2.45, 2.75) is 20.4 Å². The molecule has 1 aromatic carbocycles. The Labute approximate surface area is 144 Å². The summed E-state index contributed by atoms with van der Waals surface area (Å²) in [7, 11) is 1.71. The van der Waals surface area contributed by atoms with Crippen LogP contribution >= 0.6 is 0 Å². The normalized spacial score (nSPS) is 10.8. The van der Waals surface area contributed by atoms with Crippen molar-refractivity contribution in [3.63, 3.8) is 0 Å². The number of benzene rings is 1. The highest BCUT2D eigenvalue weighted by Crippen LogP contribution is 2.19. The summed E-state index contributed by atoms with van der Waals surface area (Å²) in [6, 6.07) is 8.73. The van der Waals surface area contributed by atoms with Crippen LogP contribution < -0.4 is 0 Å². The molecule has 1 N–H and O–H groups in total. The van der Waals surface area contributed by atoms with E-state index in [2.05, 4.69) is 10.1 Å². The standard InChI is InChI=1S/C18H19N3O4/c1-4-24-18(23)16-9-13-8-12(5-6-15(13)19-16)17(22)21(3)10-14-7-11(2)25-20-14/h5-9,19H,4,10H2,1-3H3. The molecule has 2 heterocycles. The van der Waals surface area contributed by atoms with E-state index >= 15 is 0 Å². The Kier molecular flexibility index (Phi) is 4.56. The van der Waals surface area contributed by atoms with Crippen LogP contribution in [0.15, 0.2) is 34.9 Å². The number of amides is 1. The monoisotopic (exact) mass is 341 g/mol. The highest BCUT2D eigenvalue weighted by Gasteiger charge is 2.16. The van der Waals surface area contributed by atoms with E-state index in [0.717, 1.165) is 10.9 Å². The first kappa shape index (κ1) is 16.8. The van der Waals surface area contributed by atoms with Gasteiger partial charge in [0.25, 0.3) is 5.91 Å². The Hall–Kier alpha value is -3.09. The molecule has 3 aromatic rings. The van der Waals surface area contributed by atoms with Gasteiger partial charge in [0.15, 0.2) is 0 Å². The summed E-state index contributed by atoms with van der Waals surface area (Å²) in [5.74, 6) is 0.155. The number of aromatic amines is 1. The van der Waals surface area contributed by atoms with Gasteiger partial charge in [-0.05, 0) is 38.1 Å². The maximum absolute atomic E-state index is 12.6. The summed E-state index contributed by atoms with van der Waals surface area (Å²) in [4.78, 5) is 29.0. The van der Waals surface area contributed by atoms with Crippen LogP contribution in [0.3, 0.4) is 0 Å². The Bertz CT molecular complexity index is 925. The van der Waals surface area contributed by atoms with Crippen molar-refractivity contribution in [2.75, 3.05) is 13.7 Å². The van der Waals surface area contributed by atoms with Crippen LogP contribution in [0.1, 0.15) is 39.2 Å². The molecule has 0 radical (unpaired) electrons. The van der Waals surface area contributed by atoms with Crippen molar-refractivity contribution in [2.24, 2.45) is 0 Å². The van der Waals surface area contributed by atoms with Gasteiger partial charge in [0.1, 0.15) is 17.1 Å². The van der Waals surface area contributed by atoms with E-state index < -0.39 is 5.97 Å². The van der Waals surface area contributed by atoms with Gasteiger partial charge < -0.3 is 19.1 Å². The molecular weight excluding hydrogens is 322 g/mol. The molecule has 130 valence electrons. The predicted molar refractivity (Wildman–Crippen MR) is 91.3 cm³/mol. The second-order valence-corrected chi connectivity index (χ2v) is 5.80. The second kappa shape index (κ2) is 6.80. The van der Waals surface area contributed by atoms with Crippen molar-refractivity contribution < 1.29 is 18.8 Å². The number of nitrogens with zero attached hydrogens (tertiary/aromatic N) is 2. The maximum atomic E-state index is 12.6. The summed E-state index contributed by atoms with van der Waals surface area (Å²) in [5.41, 5.74) is 2.37. The molecule has 0 aliphatic carbocycles. The number of H-pyrrole nitrogens is 1. The number of hydrogen-bond acceptors (Lipinski definition) is 5. The number of esters is 1. The minimum Gasteiger partial charge on any atom is -0.461 e. The van der Waals surface area contributed by atoms with E-state index in [4.69, 9.17) is 9.26 Å². The van der Waals surface area contributed by atoms with E-state index in [9.17, 15) is 9.59 Å². The highest BCUT2D eigenvalue weighted by atomic mass is 16.5. The zero-order valence-electron chi connectivity index (χ0n) is 14.3. The number of carbonyl (C=O) groups excluding carboxylic acids is 2. The lowest BCUT2D eigenvalue weighted by atomic mass is 10.1. The van der Waals surface area contributed by atoms with Gasteiger partial charge in [-0.15, -0.1) is 0 Å². The lowest BCUT2D eigenvalue weighted by Crippen LogP contribution is -2.26. The molecule has 7 heteroatoms. The number of hydrogen-bond donors (Lipinski definition) is 1. The van der Waals surface area contributed by atoms with Gasteiger partial charge in [-0.2, -0.15) is 0 Å². The first-order chi connectivity index (χ1) is 12.0. The van der Waals surface area contributed by atoms with Gasteiger partial charge >= 0.3 is 5.97 Å². The predicted octanol–water partition coefficient (Wildman–Crippen LogP) is 2.91. The van der Waals surface area contributed by atoms with Gasteiger partial charge in [0.05, 0.1) is 13.2 Å². The summed E-state index contributed by atoms with van der Waals surface area (Å²) in [6.07, 6.45) is 0. The molecule has 0 atom stereocenters. The van der Waals surface area contributed by atoms with Gasteiger partial charge in [0, 0.05) is 29.6 Å². The zero-order valence-corrected chi connectivity index (χ0v) is 14.3. The van der Waals surface area contributed by atoms with E-state index in [1.807, 2.05) is 0 Å². The van der Waals surface area contributed by atoms with Crippen LogP contribution in [-0.2, 0) is 11.3 Å². The second-order valence-electron chi connectivity index (χ2n) is 5.80. The van der Waals surface area contributed by atoms with Crippen molar-refractivity contribution in [1.29, 1.82) is 0 Å². The molecule has 1 amide bonds. The fourth-order valence-corrected chi connectivity index (χ4v) is 2.61. The third kappa shape index (κ3) is 3.55. The first-order valence-electron chi connectivity index (χ1n) is 7.95. The van der Waals surface area contributed by atoms with Crippen LogP contribution in [0.5, 0.6) is 0 Å². The lowest BCUT2D eigenvalue weighted by Gasteiger charge is -2.15. The molecule has 2 aromatic heterocycles. The highest BCUT2D eigenvalue weighted by molar-refractivity contribution is 6.00. The number of carbonyl (C=O) groups is 2. The third-order valence-corrected chi connectivity index (χ3v) is 3.79. The van der Waals surface area contributed by atoms with Crippen LogP contribution in [0.4, 0.5) is 0 Å². The average Bonchev–Trinajstić information content (AvgIpc) is 3.19. The van der Waals surface area contributed by atoms with E-state index in [-0.39, 0.29) is 5.91 Å². The third-order valence-electron chi connectivity index (χ3n) is 3.79. The molecule has 0 aliphatic rings. The summed E-state index contributed by atoms with van der Waals surface area (Å²) in [6.45, 7) is 4.22. The number of nitrogens with one attached hydrogen (secondary N) is 1. The molecule has 0 unspecified atom stereocenters. The molecule has 3 rings (SSSR count). The fourth-order valence-electron chi connectivity index (χ4n) is 2.61. The minimum absolute atomic E-state index is 0.138. The molecule has 0 bridgehead atoms. The van der Waals surface area contributed by atoms with E-state index in [1.54, 1.807) is 56.1 Å². The van der Waals surface area contributed by atoms with Crippen LogP contribution in [0.25, 0.3) is 10.9 Å². The Morgan fingerprint density at radius 2 is 2.08 bits per heavy atom. The number of aryl methyl sites for hydroxylation is 1. The zero-order chi connectivity index (χ0) is 18.0. The minimum atomic E-state index is -0.412. The quantitative estimate of drug-likeness (QED) is 0.721. The molecule has 0 aliphatic heterocycles. The molecule has 25 heavy (non-hydrogen) atoms. The lowest BCUT2D eigenvalue weighted by molar-refractivity contribution is 0.0520. The molecule has 0 spiro atoms. The van der Waals surface area contributed by atoms with Gasteiger partial charge in [-0.1, -0.05) is 5.16 Å². The number of aromatic nitrogens is 2. The van der Waals surface area contributed by atoms with Gasteiger partial charge in [0.2, 0.25) is 0 Å². The number of fused-ring (bicyclic) bond motifs is 1. The van der Waals surface area contributed by atoms with E-state index in [1.165, 1.54) is 0 Å². The number of ether oxygens (including phenoxy) is 1. The van der Waals surface area contributed by atoms with Crippen molar-refractivity contribution in [3.8, 4) is 0 Å².